The molecule has 0 N–H and O–H groups in total. The van der Waals surface area contributed by atoms with Gasteiger partial charge < -0.3 is 0 Å². The second-order valence-corrected chi connectivity index (χ2v) is 13.5. The summed E-state index contributed by atoms with van der Waals surface area (Å²) in [6.07, 6.45) is 0.395. The molecular weight excluding hydrogens is 398 g/mol. The van der Waals surface area contributed by atoms with Crippen LogP contribution in [0.15, 0.2) is 23.1 Å². The predicted molar refractivity (Wildman–Crippen MR) is 99.1 cm³/mol. The standard InChI is InChI=1S/C16H23NO6S3/c1-12-3-4-13(2)16(9-12)26(22,23)17(14-5-7-24(18,19)10-14)15-6-8-25(20,21)11-15/h3-4,9,14-15H,5-8,10-11H2,1-2H3/t14-,15-/m1/s1. The summed E-state index contributed by atoms with van der Waals surface area (Å²) in [5.74, 6) is -0.660. The van der Waals surface area contributed by atoms with E-state index in [2.05, 4.69) is 0 Å². The first-order valence-electron chi connectivity index (χ1n) is 8.43. The van der Waals surface area contributed by atoms with Crippen molar-refractivity contribution < 1.29 is 25.3 Å². The van der Waals surface area contributed by atoms with Gasteiger partial charge in [0.05, 0.1) is 27.9 Å². The summed E-state index contributed by atoms with van der Waals surface area (Å²) in [6, 6.07) is 3.63. The van der Waals surface area contributed by atoms with Gasteiger partial charge in [-0.15, -0.1) is 0 Å². The minimum Gasteiger partial charge on any atom is -0.229 e. The van der Waals surface area contributed by atoms with E-state index in [0.29, 0.717) is 5.56 Å². The van der Waals surface area contributed by atoms with Crippen LogP contribution in [0.1, 0.15) is 24.0 Å². The van der Waals surface area contributed by atoms with Gasteiger partial charge in [-0.2, -0.15) is 4.31 Å². The van der Waals surface area contributed by atoms with Gasteiger partial charge in [0.2, 0.25) is 10.0 Å². The summed E-state index contributed by atoms with van der Waals surface area (Å²) >= 11 is 0. The molecule has 2 aliphatic rings. The Labute approximate surface area is 155 Å². The Bertz CT molecular complexity index is 984. The third kappa shape index (κ3) is 3.83. The summed E-state index contributed by atoms with van der Waals surface area (Å²) in [7, 11) is -10.6. The van der Waals surface area contributed by atoms with E-state index in [-0.39, 0.29) is 40.7 Å². The molecule has 1 aromatic carbocycles. The third-order valence-electron chi connectivity index (χ3n) is 5.04. The van der Waals surface area contributed by atoms with Gasteiger partial charge in [0.25, 0.3) is 0 Å². The average Bonchev–Trinajstić information content (AvgIpc) is 3.03. The molecule has 0 radical (unpaired) electrons. The first kappa shape index (κ1) is 19.8. The van der Waals surface area contributed by atoms with Crippen molar-refractivity contribution in [1.82, 2.24) is 4.31 Å². The second-order valence-electron chi connectivity index (χ2n) is 7.22. The summed E-state index contributed by atoms with van der Waals surface area (Å²) in [5, 5.41) is 0. The molecule has 1 aromatic rings. The maximum absolute atomic E-state index is 13.4. The number of sulfonamides is 1. The Balaban J connectivity index is 2.09. The molecule has 2 saturated heterocycles. The lowest BCUT2D eigenvalue weighted by Crippen LogP contribution is -2.48. The van der Waals surface area contributed by atoms with Gasteiger partial charge in [0.1, 0.15) is 0 Å². The molecule has 0 bridgehead atoms. The lowest BCUT2D eigenvalue weighted by molar-refractivity contribution is 0.280. The Hall–Kier alpha value is -0.970. The van der Waals surface area contributed by atoms with Gasteiger partial charge >= 0.3 is 0 Å². The van der Waals surface area contributed by atoms with Crippen LogP contribution in [0.4, 0.5) is 0 Å². The average molecular weight is 422 g/mol. The summed E-state index contributed by atoms with van der Waals surface area (Å²) in [4.78, 5) is 0.117. The molecule has 0 unspecified atom stereocenters. The van der Waals surface area contributed by atoms with Crippen LogP contribution >= 0.6 is 0 Å². The van der Waals surface area contributed by atoms with Crippen LogP contribution in [-0.2, 0) is 29.7 Å². The highest BCUT2D eigenvalue weighted by atomic mass is 32.2. The molecule has 3 rings (SSSR count). The van der Waals surface area contributed by atoms with Crippen LogP contribution in [-0.4, -0.2) is 64.7 Å². The van der Waals surface area contributed by atoms with Crippen molar-refractivity contribution in [2.45, 2.75) is 43.7 Å². The zero-order valence-electron chi connectivity index (χ0n) is 14.8. The molecule has 0 aromatic heterocycles. The molecule has 0 saturated carbocycles. The molecule has 10 heteroatoms. The highest BCUT2D eigenvalue weighted by molar-refractivity contribution is 7.92. The second kappa shape index (κ2) is 6.57. The molecule has 2 atom stereocenters. The highest BCUT2D eigenvalue weighted by Crippen LogP contribution is 2.32. The normalized spacial score (nSPS) is 27.8. The Kier molecular flexibility index (Phi) is 5.00. The number of rotatable bonds is 4. The molecule has 7 nitrogen and oxygen atoms in total. The zero-order valence-corrected chi connectivity index (χ0v) is 17.2. The van der Waals surface area contributed by atoms with Crippen LogP contribution in [0.25, 0.3) is 0 Å². The van der Waals surface area contributed by atoms with E-state index in [1.807, 2.05) is 0 Å². The van der Waals surface area contributed by atoms with E-state index in [4.69, 9.17) is 0 Å². The van der Waals surface area contributed by atoms with Crippen molar-refractivity contribution in [3.63, 3.8) is 0 Å². The van der Waals surface area contributed by atoms with Crippen molar-refractivity contribution in [3.8, 4) is 0 Å². The maximum Gasteiger partial charge on any atom is 0.243 e. The molecule has 146 valence electrons. The van der Waals surface area contributed by atoms with E-state index in [1.165, 1.54) is 4.31 Å². The van der Waals surface area contributed by atoms with Crippen molar-refractivity contribution in [2.75, 3.05) is 23.0 Å². The van der Waals surface area contributed by atoms with Crippen molar-refractivity contribution in [2.24, 2.45) is 0 Å². The number of sulfone groups is 2. The molecule has 2 fully saturated rings. The topological polar surface area (TPSA) is 106 Å². The van der Waals surface area contributed by atoms with Gasteiger partial charge in [-0.1, -0.05) is 12.1 Å². The summed E-state index contributed by atoms with van der Waals surface area (Å²) in [6.45, 7) is 3.46. The van der Waals surface area contributed by atoms with E-state index < -0.39 is 41.8 Å². The SMILES string of the molecule is Cc1ccc(C)c(S(=O)(=O)N([C@@H]2CCS(=O)(=O)C2)[C@@H]2CCS(=O)(=O)C2)c1. The Morgan fingerprint density at radius 3 is 1.85 bits per heavy atom. The molecule has 0 spiro atoms. The van der Waals surface area contributed by atoms with Crippen molar-refractivity contribution in [1.29, 1.82) is 0 Å². The molecule has 0 aliphatic carbocycles. The molecule has 0 amide bonds. The minimum absolute atomic E-state index is 0.0735. The third-order valence-corrected chi connectivity index (χ3v) is 10.7. The van der Waals surface area contributed by atoms with Gasteiger partial charge in [-0.25, -0.2) is 25.3 Å². The lowest BCUT2D eigenvalue weighted by atomic mass is 10.2. The summed E-state index contributed by atoms with van der Waals surface area (Å²) in [5.41, 5.74) is 1.33. The summed E-state index contributed by atoms with van der Waals surface area (Å²) < 4.78 is 75.8. The van der Waals surface area contributed by atoms with E-state index in [0.717, 1.165) is 5.56 Å². The van der Waals surface area contributed by atoms with Crippen molar-refractivity contribution in [3.05, 3.63) is 29.3 Å². The number of aryl methyl sites for hydroxylation is 2. The van der Waals surface area contributed by atoms with Crippen LogP contribution < -0.4 is 0 Å². The van der Waals surface area contributed by atoms with Gasteiger partial charge in [0, 0.05) is 12.1 Å². The minimum atomic E-state index is -4.02. The van der Waals surface area contributed by atoms with E-state index in [1.54, 1.807) is 32.0 Å². The lowest BCUT2D eigenvalue weighted by Gasteiger charge is -2.32. The molecule has 2 heterocycles. The van der Waals surface area contributed by atoms with Crippen molar-refractivity contribution >= 4 is 29.7 Å². The van der Waals surface area contributed by atoms with E-state index in [9.17, 15) is 25.3 Å². The number of nitrogens with zero attached hydrogens (tertiary/aromatic N) is 1. The quantitative estimate of drug-likeness (QED) is 0.707. The zero-order chi connectivity index (χ0) is 19.3. The van der Waals surface area contributed by atoms with Crippen LogP contribution in [0.3, 0.4) is 0 Å². The van der Waals surface area contributed by atoms with Gasteiger partial charge in [-0.05, 0) is 43.9 Å². The van der Waals surface area contributed by atoms with Crippen LogP contribution in [0, 0.1) is 13.8 Å². The highest BCUT2D eigenvalue weighted by Gasteiger charge is 2.46. The predicted octanol–water partition coefficient (Wildman–Crippen LogP) is 0.668. The fraction of sp³-hybridized carbons (Fsp3) is 0.625. The smallest absolute Gasteiger partial charge is 0.229 e. The largest absolute Gasteiger partial charge is 0.243 e. The molecule has 26 heavy (non-hydrogen) atoms. The first-order chi connectivity index (χ1) is 11.9. The van der Waals surface area contributed by atoms with Gasteiger partial charge in [-0.3, -0.25) is 0 Å². The van der Waals surface area contributed by atoms with E-state index >= 15 is 0 Å². The van der Waals surface area contributed by atoms with Gasteiger partial charge in [0.15, 0.2) is 19.7 Å². The Morgan fingerprint density at radius 2 is 1.42 bits per heavy atom. The first-order valence-corrected chi connectivity index (χ1v) is 13.5. The van der Waals surface area contributed by atoms with Crippen LogP contribution in [0.2, 0.25) is 0 Å². The number of hydrogen-bond donors (Lipinski definition) is 0. The molecular formula is C16H23NO6S3. The maximum atomic E-state index is 13.4. The monoisotopic (exact) mass is 421 g/mol. The number of benzene rings is 1. The fourth-order valence-corrected chi connectivity index (χ4v) is 9.53. The number of hydrogen-bond acceptors (Lipinski definition) is 6. The Morgan fingerprint density at radius 1 is 0.923 bits per heavy atom. The fourth-order valence-electron chi connectivity index (χ4n) is 3.74. The van der Waals surface area contributed by atoms with Crippen LogP contribution in [0.5, 0.6) is 0 Å². The molecule has 2 aliphatic heterocycles.